The fraction of sp³-hybridized carbons (Fsp3) is 0.364. The Labute approximate surface area is 177 Å². The van der Waals surface area contributed by atoms with Crippen molar-refractivity contribution in [2.24, 2.45) is 0 Å². The summed E-state index contributed by atoms with van der Waals surface area (Å²) in [6.45, 7) is 5.48. The molecular formula is C22H27N3O4S. The highest BCUT2D eigenvalue weighted by atomic mass is 32.2. The summed E-state index contributed by atoms with van der Waals surface area (Å²) in [4.78, 5) is 25.9. The van der Waals surface area contributed by atoms with Gasteiger partial charge in [-0.15, -0.1) is 0 Å². The summed E-state index contributed by atoms with van der Waals surface area (Å²) in [5.74, 6) is -0.446. The third-order valence-electron chi connectivity index (χ3n) is 5.29. The highest BCUT2D eigenvalue weighted by Crippen LogP contribution is 2.34. The standard InChI is InChI=1S/C22H27N3O4S/c1-15-5-7-18(8-6-15)13-23-22(27)14-24(4)30(28,29)20-9-10-21-19(12-20)11-16(2)25(21)17(3)26/h5-10,12,16H,11,13-14H2,1-4H3,(H,23,27)/t16-/m1/s1. The van der Waals surface area contributed by atoms with E-state index in [-0.39, 0.29) is 29.3 Å². The van der Waals surface area contributed by atoms with E-state index in [1.807, 2.05) is 38.1 Å². The van der Waals surface area contributed by atoms with Crippen LogP contribution < -0.4 is 10.2 Å². The van der Waals surface area contributed by atoms with Crippen LogP contribution >= 0.6 is 0 Å². The van der Waals surface area contributed by atoms with Gasteiger partial charge >= 0.3 is 0 Å². The van der Waals surface area contributed by atoms with E-state index in [4.69, 9.17) is 0 Å². The monoisotopic (exact) mass is 429 g/mol. The van der Waals surface area contributed by atoms with E-state index in [2.05, 4.69) is 5.32 Å². The van der Waals surface area contributed by atoms with Crippen molar-refractivity contribution < 1.29 is 18.0 Å². The molecule has 8 heteroatoms. The van der Waals surface area contributed by atoms with E-state index in [0.717, 1.165) is 26.7 Å². The highest BCUT2D eigenvalue weighted by molar-refractivity contribution is 7.89. The van der Waals surface area contributed by atoms with Crippen molar-refractivity contribution in [3.05, 3.63) is 59.2 Å². The van der Waals surface area contributed by atoms with Crippen LogP contribution in [0.25, 0.3) is 0 Å². The Morgan fingerprint density at radius 3 is 2.47 bits per heavy atom. The SMILES string of the molecule is CC(=O)N1c2ccc(S(=O)(=O)N(C)CC(=O)NCc3ccc(C)cc3)cc2C[C@H]1C. The molecule has 0 radical (unpaired) electrons. The number of carbonyl (C=O) groups excluding carboxylic acids is 2. The first-order valence-corrected chi connectivity index (χ1v) is 11.2. The van der Waals surface area contributed by atoms with Gasteiger partial charge < -0.3 is 10.2 Å². The minimum Gasteiger partial charge on any atom is -0.351 e. The first-order chi connectivity index (χ1) is 14.1. The molecule has 1 heterocycles. The van der Waals surface area contributed by atoms with Gasteiger partial charge in [-0.1, -0.05) is 29.8 Å². The average Bonchev–Trinajstić information content (AvgIpc) is 3.02. The minimum absolute atomic E-state index is 0.0132. The highest BCUT2D eigenvalue weighted by Gasteiger charge is 2.31. The largest absolute Gasteiger partial charge is 0.351 e. The zero-order chi connectivity index (χ0) is 22.1. The predicted octanol–water partition coefficient (Wildman–Crippen LogP) is 2.23. The minimum atomic E-state index is -3.83. The van der Waals surface area contributed by atoms with Crippen LogP contribution in [-0.4, -0.2) is 44.2 Å². The lowest BCUT2D eigenvalue weighted by Crippen LogP contribution is -2.38. The second-order valence-corrected chi connectivity index (χ2v) is 9.80. The fourth-order valence-corrected chi connectivity index (χ4v) is 4.86. The summed E-state index contributed by atoms with van der Waals surface area (Å²) in [7, 11) is -2.44. The Morgan fingerprint density at radius 1 is 1.17 bits per heavy atom. The van der Waals surface area contributed by atoms with Gasteiger partial charge in [0.15, 0.2) is 0 Å². The number of sulfonamides is 1. The van der Waals surface area contributed by atoms with Gasteiger partial charge in [-0.2, -0.15) is 4.31 Å². The average molecular weight is 430 g/mol. The number of likely N-dealkylation sites (N-methyl/N-ethyl adjacent to an activating group) is 1. The number of hydrogen-bond donors (Lipinski definition) is 1. The zero-order valence-corrected chi connectivity index (χ0v) is 18.5. The second kappa shape index (κ2) is 8.57. The Morgan fingerprint density at radius 2 is 1.83 bits per heavy atom. The number of benzene rings is 2. The first kappa shape index (κ1) is 22.0. The number of rotatable bonds is 6. The summed E-state index contributed by atoms with van der Waals surface area (Å²) >= 11 is 0. The van der Waals surface area contributed by atoms with E-state index in [1.54, 1.807) is 17.0 Å². The number of nitrogens with one attached hydrogen (secondary N) is 1. The molecule has 0 unspecified atom stereocenters. The zero-order valence-electron chi connectivity index (χ0n) is 17.7. The number of fused-ring (bicyclic) bond motifs is 1. The molecule has 0 aliphatic carbocycles. The molecule has 30 heavy (non-hydrogen) atoms. The molecule has 1 aliphatic rings. The number of carbonyl (C=O) groups is 2. The molecule has 1 N–H and O–H groups in total. The summed E-state index contributed by atoms with van der Waals surface area (Å²) in [6, 6.07) is 12.5. The number of nitrogens with zero attached hydrogens (tertiary/aromatic N) is 2. The van der Waals surface area contributed by atoms with Crippen LogP contribution in [0.1, 0.15) is 30.5 Å². The molecule has 7 nitrogen and oxygen atoms in total. The van der Waals surface area contributed by atoms with Crippen LogP contribution in [0.15, 0.2) is 47.4 Å². The van der Waals surface area contributed by atoms with Crippen molar-refractivity contribution in [3.63, 3.8) is 0 Å². The Kier molecular flexibility index (Phi) is 6.28. The number of hydrogen-bond acceptors (Lipinski definition) is 4. The maximum atomic E-state index is 12.9. The third-order valence-corrected chi connectivity index (χ3v) is 7.09. The summed E-state index contributed by atoms with van der Waals surface area (Å²) in [5, 5.41) is 2.75. The Bertz CT molecular complexity index is 1060. The maximum Gasteiger partial charge on any atom is 0.243 e. The van der Waals surface area contributed by atoms with E-state index < -0.39 is 10.0 Å². The number of amides is 2. The molecule has 0 saturated heterocycles. The van der Waals surface area contributed by atoms with Gasteiger partial charge in [0.1, 0.15) is 0 Å². The molecule has 2 aromatic carbocycles. The smallest absolute Gasteiger partial charge is 0.243 e. The van der Waals surface area contributed by atoms with E-state index in [0.29, 0.717) is 13.0 Å². The van der Waals surface area contributed by atoms with Gasteiger partial charge in [0.2, 0.25) is 21.8 Å². The second-order valence-electron chi connectivity index (χ2n) is 7.76. The number of anilines is 1. The third kappa shape index (κ3) is 4.55. The van der Waals surface area contributed by atoms with Gasteiger partial charge in [0, 0.05) is 32.2 Å². The lowest BCUT2D eigenvalue weighted by Gasteiger charge is -2.21. The molecule has 1 atom stereocenters. The lowest BCUT2D eigenvalue weighted by atomic mass is 10.1. The van der Waals surface area contributed by atoms with Gasteiger partial charge in [0.25, 0.3) is 0 Å². The fourth-order valence-electron chi connectivity index (χ4n) is 3.68. The van der Waals surface area contributed by atoms with Crippen LogP contribution in [0.2, 0.25) is 0 Å². The molecule has 2 amide bonds. The van der Waals surface area contributed by atoms with Crippen molar-refractivity contribution in [2.45, 2.75) is 44.7 Å². The Hall–Kier alpha value is -2.71. The van der Waals surface area contributed by atoms with Crippen LogP contribution in [0.4, 0.5) is 5.69 Å². The molecule has 0 fully saturated rings. The predicted molar refractivity (Wildman–Crippen MR) is 116 cm³/mol. The van der Waals surface area contributed by atoms with Crippen LogP contribution in [0, 0.1) is 6.92 Å². The maximum absolute atomic E-state index is 12.9. The van der Waals surface area contributed by atoms with Gasteiger partial charge in [-0.3, -0.25) is 9.59 Å². The topological polar surface area (TPSA) is 86.8 Å². The van der Waals surface area contributed by atoms with Gasteiger partial charge in [-0.05, 0) is 49.6 Å². The van der Waals surface area contributed by atoms with Crippen LogP contribution in [0.5, 0.6) is 0 Å². The van der Waals surface area contributed by atoms with Crippen molar-refractivity contribution >= 4 is 27.5 Å². The lowest BCUT2D eigenvalue weighted by molar-refractivity contribution is -0.121. The van der Waals surface area contributed by atoms with Crippen molar-refractivity contribution in [3.8, 4) is 0 Å². The molecule has 0 bridgehead atoms. The Balaban J connectivity index is 1.68. The van der Waals surface area contributed by atoms with E-state index in [9.17, 15) is 18.0 Å². The molecule has 2 aromatic rings. The van der Waals surface area contributed by atoms with Crippen LogP contribution in [-0.2, 0) is 32.6 Å². The molecule has 3 rings (SSSR count). The van der Waals surface area contributed by atoms with Gasteiger partial charge in [0.05, 0.1) is 11.4 Å². The molecule has 160 valence electrons. The first-order valence-electron chi connectivity index (χ1n) is 9.81. The summed E-state index contributed by atoms with van der Waals surface area (Å²) < 4.78 is 26.9. The molecular weight excluding hydrogens is 402 g/mol. The van der Waals surface area contributed by atoms with E-state index in [1.165, 1.54) is 20.0 Å². The van der Waals surface area contributed by atoms with Crippen LogP contribution in [0.3, 0.4) is 0 Å². The van der Waals surface area contributed by atoms with Gasteiger partial charge in [-0.25, -0.2) is 8.42 Å². The summed E-state index contributed by atoms with van der Waals surface area (Å²) in [6.07, 6.45) is 0.596. The number of aryl methyl sites for hydroxylation is 1. The quantitative estimate of drug-likeness (QED) is 0.763. The van der Waals surface area contributed by atoms with Crippen molar-refractivity contribution in [1.82, 2.24) is 9.62 Å². The molecule has 0 aromatic heterocycles. The molecule has 0 saturated carbocycles. The molecule has 1 aliphatic heterocycles. The molecule has 0 spiro atoms. The summed E-state index contributed by atoms with van der Waals surface area (Å²) in [5.41, 5.74) is 3.64. The normalized spacial score (nSPS) is 15.9. The van der Waals surface area contributed by atoms with Crippen molar-refractivity contribution in [2.75, 3.05) is 18.5 Å². The van der Waals surface area contributed by atoms with E-state index >= 15 is 0 Å². The van der Waals surface area contributed by atoms with Crippen molar-refractivity contribution in [1.29, 1.82) is 0 Å².